The van der Waals surface area contributed by atoms with E-state index in [4.69, 9.17) is 9.52 Å². The molecule has 0 bridgehead atoms. The number of furan rings is 1. The van der Waals surface area contributed by atoms with E-state index >= 15 is 0 Å². The zero-order chi connectivity index (χ0) is 14.4. The van der Waals surface area contributed by atoms with E-state index in [1.165, 1.54) is 6.08 Å². The first-order chi connectivity index (χ1) is 9.67. The van der Waals surface area contributed by atoms with Crippen molar-refractivity contribution in [3.8, 4) is 0 Å². The minimum atomic E-state index is -0.191. The number of aliphatic hydroxyl groups is 1. The Labute approximate surface area is 125 Å². The Morgan fingerprint density at radius 2 is 1.90 bits per heavy atom. The van der Waals surface area contributed by atoms with Crippen molar-refractivity contribution in [2.75, 3.05) is 0 Å². The molecule has 0 radical (unpaired) electrons. The molecule has 1 aromatic heterocycles. The van der Waals surface area contributed by atoms with E-state index in [1.807, 2.05) is 24.3 Å². The molecular weight excluding hydrogens is 322 g/mol. The molecule has 0 fully saturated rings. The lowest BCUT2D eigenvalue weighted by molar-refractivity contribution is -0.116. The summed E-state index contributed by atoms with van der Waals surface area (Å²) in [6.45, 7) is 0.463. The smallest absolute Gasteiger partial charge is 0.244 e. The monoisotopic (exact) mass is 335 g/mol. The molecule has 5 heteroatoms. The number of rotatable bonds is 5. The molecule has 104 valence electrons. The summed E-state index contributed by atoms with van der Waals surface area (Å²) >= 11 is 3.19. The highest BCUT2D eigenvalue weighted by molar-refractivity contribution is 9.10. The Hall–Kier alpha value is -1.85. The van der Waals surface area contributed by atoms with Crippen molar-refractivity contribution in [1.29, 1.82) is 0 Å². The molecule has 0 aliphatic carbocycles. The zero-order valence-electron chi connectivity index (χ0n) is 10.7. The Morgan fingerprint density at radius 3 is 2.50 bits per heavy atom. The first kappa shape index (κ1) is 14.6. The van der Waals surface area contributed by atoms with Crippen LogP contribution in [0.15, 0.2) is 51.6 Å². The number of hydrogen-bond donors (Lipinski definition) is 2. The van der Waals surface area contributed by atoms with E-state index in [2.05, 4.69) is 21.2 Å². The summed E-state index contributed by atoms with van der Waals surface area (Å²) in [5.74, 6) is 0.420. The molecule has 0 saturated carbocycles. The quantitative estimate of drug-likeness (QED) is 0.826. The molecule has 0 unspecified atom stereocenters. The second-order valence-corrected chi connectivity index (χ2v) is 4.95. The largest absolute Gasteiger partial charge is 0.450 e. The highest BCUT2D eigenvalue weighted by Gasteiger charge is 1.99. The predicted octanol–water partition coefficient (Wildman–Crippen LogP) is 2.86. The van der Waals surface area contributed by atoms with Gasteiger partial charge in [0.2, 0.25) is 5.91 Å². The van der Waals surface area contributed by atoms with E-state index in [1.54, 1.807) is 18.2 Å². The number of halogens is 1. The van der Waals surface area contributed by atoms with Crippen molar-refractivity contribution in [3.63, 3.8) is 0 Å². The van der Waals surface area contributed by atoms with Crippen LogP contribution in [0.1, 0.15) is 16.9 Å². The number of hydrogen-bond acceptors (Lipinski definition) is 3. The number of amides is 1. The molecule has 2 aromatic rings. The molecule has 0 atom stereocenters. The van der Waals surface area contributed by atoms with Gasteiger partial charge in [-0.3, -0.25) is 4.79 Å². The van der Waals surface area contributed by atoms with Crippen LogP contribution in [-0.2, 0) is 17.9 Å². The van der Waals surface area contributed by atoms with Crippen LogP contribution >= 0.6 is 15.9 Å². The van der Waals surface area contributed by atoms with E-state index in [0.717, 1.165) is 11.1 Å². The van der Waals surface area contributed by atoms with Crippen LogP contribution in [0.4, 0.5) is 0 Å². The fraction of sp³-hybridized carbons (Fsp3) is 0.133. The Bertz CT molecular complexity index is 602. The second kappa shape index (κ2) is 7.07. The number of carbonyl (C=O) groups is 1. The molecule has 1 heterocycles. The molecular formula is C15H14BrNO3. The van der Waals surface area contributed by atoms with Gasteiger partial charge in [-0.25, -0.2) is 0 Å². The summed E-state index contributed by atoms with van der Waals surface area (Å²) < 4.78 is 5.87. The topological polar surface area (TPSA) is 62.5 Å². The lowest BCUT2D eigenvalue weighted by Gasteiger charge is -2.03. The maximum absolute atomic E-state index is 11.6. The zero-order valence-corrected chi connectivity index (χ0v) is 12.3. The molecule has 1 aromatic carbocycles. The van der Waals surface area contributed by atoms with Crippen LogP contribution in [0.3, 0.4) is 0 Å². The Morgan fingerprint density at radius 1 is 1.20 bits per heavy atom. The van der Waals surface area contributed by atoms with Gasteiger partial charge in [-0.15, -0.1) is 0 Å². The van der Waals surface area contributed by atoms with Crippen molar-refractivity contribution in [3.05, 3.63) is 64.0 Å². The lowest BCUT2D eigenvalue weighted by atomic mass is 10.1. The van der Waals surface area contributed by atoms with Gasteiger partial charge in [0.25, 0.3) is 0 Å². The van der Waals surface area contributed by atoms with Gasteiger partial charge in [0.1, 0.15) is 5.76 Å². The molecule has 1 amide bonds. The summed E-state index contributed by atoms with van der Waals surface area (Å²) in [5, 5.41) is 11.7. The van der Waals surface area contributed by atoms with Gasteiger partial charge in [-0.2, -0.15) is 0 Å². The third-order valence-corrected chi connectivity index (χ3v) is 3.09. The molecule has 2 N–H and O–H groups in total. The summed E-state index contributed by atoms with van der Waals surface area (Å²) in [5.41, 5.74) is 1.83. The molecule has 0 saturated heterocycles. The van der Waals surface area contributed by atoms with Crippen LogP contribution in [0.25, 0.3) is 6.08 Å². The van der Waals surface area contributed by atoms with Crippen LogP contribution in [0, 0.1) is 0 Å². The van der Waals surface area contributed by atoms with Gasteiger partial charge in [0.15, 0.2) is 4.67 Å². The van der Waals surface area contributed by atoms with Crippen LogP contribution in [-0.4, -0.2) is 11.0 Å². The number of aliphatic hydroxyl groups excluding tert-OH is 1. The maximum atomic E-state index is 11.6. The van der Waals surface area contributed by atoms with Gasteiger partial charge in [-0.05, 0) is 45.3 Å². The first-order valence-corrected chi connectivity index (χ1v) is 6.86. The minimum Gasteiger partial charge on any atom is -0.450 e. The van der Waals surface area contributed by atoms with Gasteiger partial charge in [0.05, 0.1) is 6.61 Å². The SMILES string of the molecule is O=C(/C=C/c1ccc(Br)o1)NCc1ccc(CO)cc1. The van der Waals surface area contributed by atoms with Crippen molar-refractivity contribution >= 4 is 27.9 Å². The van der Waals surface area contributed by atoms with Gasteiger partial charge in [-0.1, -0.05) is 24.3 Å². The van der Waals surface area contributed by atoms with Gasteiger partial charge in [0, 0.05) is 12.6 Å². The summed E-state index contributed by atoms with van der Waals surface area (Å²) in [6.07, 6.45) is 3.03. The average Bonchev–Trinajstić information content (AvgIpc) is 2.89. The minimum absolute atomic E-state index is 0.0219. The van der Waals surface area contributed by atoms with Crippen molar-refractivity contribution in [2.45, 2.75) is 13.2 Å². The van der Waals surface area contributed by atoms with Crippen LogP contribution in [0.5, 0.6) is 0 Å². The summed E-state index contributed by atoms with van der Waals surface area (Å²) in [7, 11) is 0. The van der Waals surface area contributed by atoms with Crippen molar-refractivity contribution < 1.29 is 14.3 Å². The van der Waals surface area contributed by atoms with E-state index < -0.39 is 0 Å². The summed E-state index contributed by atoms with van der Waals surface area (Å²) in [4.78, 5) is 11.6. The molecule has 0 spiro atoms. The third-order valence-electron chi connectivity index (χ3n) is 2.67. The number of nitrogens with one attached hydrogen (secondary N) is 1. The fourth-order valence-electron chi connectivity index (χ4n) is 1.59. The van der Waals surface area contributed by atoms with Crippen molar-refractivity contribution in [1.82, 2.24) is 5.32 Å². The highest BCUT2D eigenvalue weighted by Crippen LogP contribution is 2.14. The second-order valence-electron chi connectivity index (χ2n) is 4.17. The molecule has 0 aliphatic rings. The summed E-state index contributed by atoms with van der Waals surface area (Å²) in [6, 6.07) is 10.9. The normalized spacial score (nSPS) is 10.9. The number of benzene rings is 1. The van der Waals surface area contributed by atoms with E-state index in [-0.39, 0.29) is 12.5 Å². The molecule has 2 rings (SSSR count). The molecule has 20 heavy (non-hydrogen) atoms. The van der Waals surface area contributed by atoms with E-state index in [0.29, 0.717) is 17.0 Å². The third kappa shape index (κ3) is 4.36. The fourth-order valence-corrected chi connectivity index (χ4v) is 1.91. The first-order valence-electron chi connectivity index (χ1n) is 6.07. The average molecular weight is 336 g/mol. The Kier molecular flexibility index (Phi) is 5.15. The maximum Gasteiger partial charge on any atom is 0.244 e. The molecule has 0 aliphatic heterocycles. The van der Waals surface area contributed by atoms with E-state index in [9.17, 15) is 4.79 Å². The predicted molar refractivity (Wildman–Crippen MR) is 79.7 cm³/mol. The highest BCUT2D eigenvalue weighted by atomic mass is 79.9. The van der Waals surface area contributed by atoms with Crippen LogP contribution in [0.2, 0.25) is 0 Å². The molecule has 4 nitrogen and oxygen atoms in total. The van der Waals surface area contributed by atoms with Crippen molar-refractivity contribution in [2.24, 2.45) is 0 Å². The van der Waals surface area contributed by atoms with Crippen LogP contribution < -0.4 is 5.32 Å². The standard InChI is InChI=1S/C15H14BrNO3/c16-14-7-5-13(20-14)6-8-15(19)17-9-11-1-3-12(10-18)4-2-11/h1-8,18H,9-10H2,(H,17,19)/b8-6+. The lowest BCUT2D eigenvalue weighted by Crippen LogP contribution is -2.20. The van der Waals surface area contributed by atoms with Gasteiger partial charge >= 0.3 is 0 Å². The number of carbonyl (C=O) groups excluding carboxylic acids is 1. The Balaban J connectivity index is 1.83. The van der Waals surface area contributed by atoms with Gasteiger partial charge < -0.3 is 14.8 Å².